The summed E-state index contributed by atoms with van der Waals surface area (Å²) >= 11 is 0. The minimum Gasteiger partial charge on any atom is -0.457 e. The van der Waals surface area contributed by atoms with Gasteiger partial charge in [-0.2, -0.15) is 0 Å². The first-order valence-corrected chi connectivity index (χ1v) is 1.93. The molecule has 0 saturated heterocycles. The summed E-state index contributed by atoms with van der Waals surface area (Å²) in [6.45, 7) is 0. The molecule has 0 aromatic rings. The smallest absolute Gasteiger partial charge is 0.457 e. The van der Waals surface area contributed by atoms with Gasteiger partial charge in [0, 0.05) is 0 Å². The van der Waals surface area contributed by atoms with Crippen LogP contribution in [0, 0.1) is 0 Å². The fourth-order valence-corrected chi connectivity index (χ4v) is 0.137. The van der Waals surface area contributed by atoms with Crippen LogP contribution in [0.15, 0.2) is 0 Å². The Morgan fingerprint density at radius 1 is 0.778 bits per heavy atom. The van der Waals surface area contributed by atoms with Crippen LogP contribution < -0.4 is 0 Å². The summed E-state index contributed by atoms with van der Waals surface area (Å²) in [5, 5.41) is 15.7. The van der Waals surface area contributed by atoms with Gasteiger partial charge < -0.3 is 23.8 Å². The highest BCUT2D eigenvalue weighted by molar-refractivity contribution is 6.43. The lowest BCUT2D eigenvalue weighted by atomic mass is 10.2. The third-order valence-corrected chi connectivity index (χ3v) is 0.344. The zero-order valence-electron chi connectivity index (χ0n) is 4.43. The molecule has 44 valence electrons. The van der Waals surface area contributed by atoms with Crippen LogP contribution in [0.3, 0.4) is 0 Å². The maximum Gasteiger partial charge on any atom is 0.469 e. The van der Waals surface area contributed by atoms with Crippen molar-refractivity contribution in [3.63, 3.8) is 0 Å². The highest BCUT2D eigenvalue weighted by Gasteiger charge is 1.96. The van der Waals surface area contributed by atoms with Gasteiger partial charge in [0.2, 0.25) is 0 Å². The molecule has 5 nitrogen and oxygen atoms in total. The highest BCUT2D eigenvalue weighted by atomic mass is 16.6. The van der Waals surface area contributed by atoms with Gasteiger partial charge in [-0.1, -0.05) is 0 Å². The van der Waals surface area contributed by atoms with Crippen molar-refractivity contribution in [1.82, 2.24) is 0 Å². The van der Waals surface area contributed by atoms with E-state index in [4.69, 9.17) is 10.0 Å². The summed E-state index contributed by atoms with van der Waals surface area (Å²) in [5.41, 5.74) is 0. The number of hydrogen-bond acceptors (Lipinski definition) is 5. The van der Waals surface area contributed by atoms with Crippen LogP contribution in [-0.4, -0.2) is 40.8 Å². The Bertz CT molecular complexity index is 42.2. The lowest BCUT2D eigenvalue weighted by Crippen LogP contribution is -2.14. The second-order valence-electron chi connectivity index (χ2n) is 0.812. The number of hydrogen-bond donors (Lipinski definition) is 2. The lowest BCUT2D eigenvalue weighted by molar-refractivity contribution is 0.378. The minimum absolute atomic E-state index is 0.427. The van der Waals surface area contributed by atoms with E-state index < -0.39 is 0 Å². The van der Waals surface area contributed by atoms with E-state index in [9.17, 15) is 0 Å². The number of rotatable bonds is 6. The van der Waals surface area contributed by atoms with E-state index in [1.807, 2.05) is 0 Å². The molecule has 0 spiro atoms. The molecule has 9 heteroatoms. The monoisotopic (exact) mass is 126 g/mol. The van der Waals surface area contributed by atoms with Crippen molar-refractivity contribution in [2.24, 2.45) is 0 Å². The topological polar surface area (TPSA) is 68.2 Å². The van der Waals surface area contributed by atoms with Gasteiger partial charge in [0.25, 0.3) is 0 Å². The summed E-state index contributed by atoms with van der Waals surface area (Å²) in [7, 11) is 2.44. The lowest BCUT2D eigenvalue weighted by Gasteiger charge is -1.95. The van der Waals surface area contributed by atoms with Gasteiger partial charge in [0.15, 0.2) is 0 Å². The van der Waals surface area contributed by atoms with Crippen LogP contribution in [0.4, 0.5) is 0 Å². The molecule has 0 aliphatic heterocycles. The van der Waals surface area contributed by atoms with Gasteiger partial charge >= 0.3 is 30.7 Å². The van der Waals surface area contributed by atoms with Gasteiger partial charge in [-0.15, -0.1) is 0 Å². The van der Waals surface area contributed by atoms with E-state index in [1.165, 1.54) is 0 Å². The summed E-state index contributed by atoms with van der Waals surface area (Å²) in [6.07, 6.45) is 0. The standard InChI is InChI=1S/B4H2O5/c5-1-7-3-9-4-8-2-6/h5-6H. The van der Waals surface area contributed by atoms with E-state index in [1.54, 1.807) is 0 Å². The Hall–Kier alpha value is 0.0597. The molecular weight excluding hydrogens is 123 g/mol. The molecule has 0 bridgehead atoms. The van der Waals surface area contributed by atoms with Crippen molar-refractivity contribution in [1.29, 1.82) is 0 Å². The molecule has 0 fully saturated rings. The maximum atomic E-state index is 7.85. The predicted molar refractivity (Wildman–Crippen MR) is 30.7 cm³/mol. The summed E-state index contributed by atoms with van der Waals surface area (Å²) < 4.78 is 12.4. The SMILES string of the molecule is O[B]O[B]O[B]O[B]O. The molecule has 9 heavy (non-hydrogen) atoms. The van der Waals surface area contributed by atoms with Crippen LogP contribution >= 0.6 is 0 Å². The third-order valence-electron chi connectivity index (χ3n) is 0.344. The second-order valence-corrected chi connectivity index (χ2v) is 0.812. The van der Waals surface area contributed by atoms with E-state index in [0.717, 1.165) is 15.4 Å². The van der Waals surface area contributed by atoms with E-state index in [0.29, 0.717) is 15.4 Å². The molecule has 0 unspecified atom stereocenters. The normalized spacial score (nSPS) is 8.22. The van der Waals surface area contributed by atoms with E-state index in [-0.39, 0.29) is 0 Å². The predicted octanol–water partition coefficient (Wildman–Crippen LogP) is -2.84. The van der Waals surface area contributed by atoms with E-state index >= 15 is 0 Å². The van der Waals surface area contributed by atoms with Crippen LogP contribution in [0.2, 0.25) is 0 Å². The largest absolute Gasteiger partial charge is 0.469 e. The van der Waals surface area contributed by atoms with E-state index in [2.05, 4.69) is 13.7 Å². The Morgan fingerprint density at radius 3 is 1.56 bits per heavy atom. The molecule has 0 heterocycles. The summed E-state index contributed by atoms with van der Waals surface area (Å²) in [5.74, 6) is 0. The highest BCUT2D eigenvalue weighted by Crippen LogP contribution is 1.68. The molecule has 2 N–H and O–H groups in total. The van der Waals surface area contributed by atoms with Gasteiger partial charge in [-0.05, 0) is 0 Å². The van der Waals surface area contributed by atoms with Gasteiger partial charge in [0.1, 0.15) is 0 Å². The first-order chi connectivity index (χ1) is 4.41. The Kier molecular flexibility index (Phi) is 8.11. The van der Waals surface area contributed by atoms with Crippen molar-refractivity contribution in [3.05, 3.63) is 0 Å². The first kappa shape index (κ1) is 9.06. The molecule has 0 saturated carbocycles. The van der Waals surface area contributed by atoms with Crippen molar-refractivity contribution in [3.8, 4) is 0 Å². The average molecular weight is 125 g/mol. The van der Waals surface area contributed by atoms with Crippen LogP contribution in [0.5, 0.6) is 0 Å². The summed E-state index contributed by atoms with van der Waals surface area (Å²) in [6, 6.07) is 0. The molecule has 4 radical (unpaired) electrons. The van der Waals surface area contributed by atoms with Crippen LogP contribution in [0.1, 0.15) is 0 Å². The molecule has 0 aromatic heterocycles. The fourth-order valence-electron chi connectivity index (χ4n) is 0.137. The molecule has 0 aliphatic rings. The maximum absolute atomic E-state index is 7.85. The summed E-state index contributed by atoms with van der Waals surface area (Å²) in [4.78, 5) is 0. The minimum atomic E-state index is 0.427. The molecular formula is H2B4O5. The van der Waals surface area contributed by atoms with Gasteiger partial charge in [-0.25, -0.2) is 0 Å². The Labute approximate surface area is 55.5 Å². The Balaban J connectivity index is 2.60. The van der Waals surface area contributed by atoms with Gasteiger partial charge in [0.05, 0.1) is 0 Å². The second kappa shape index (κ2) is 8.06. The van der Waals surface area contributed by atoms with Crippen LogP contribution in [0.25, 0.3) is 0 Å². The zero-order valence-corrected chi connectivity index (χ0v) is 4.43. The molecule has 0 aromatic carbocycles. The molecule has 0 atom stereocenters. The van der Waals surface area contributed by atoms with Crippen molar-refractivity contribution in [2.45, 2.75) is 0 Å². The molecule has 0 aliphatic carbocycles. The van der Waals surface area contributed by atoms with Crippen molar-refractivity contribution < 1.29 is 23.8 Å². The quantitative estimate of drug-likeness (QED) is 0.296. The molecule has 0 amide bonds. The van der Waals surface area contributed by atoms with Gasteiger partial charge in [-0.3, -0.25) is 0 Å². The first-order valence-electron chi connectivity index (χ1n) is 1.93. The van der Waals surface area contributed by atoms with Crippen LogP contribution in [-0.2, 0) is 13.7 Å². The molecule has 0 rings (SSSR count). The average Bonchev–Trinajstić information content (AvgIpc) is 1.89. The van der Waals surface area contributed by atoms with Crippen molar-refractivity contribution >= 4 is 30.7 Å². The zero-order chi connectivity index (χ0) is 6.95. The van der Waals surface area contributed by atoms with Crippen molar-refractivity contribution in [2.75, 3.05) is 0 Å². The fraction of sp³-hybridized carbons (Fsp3) is 0. The third kappa shape index (κ3) is 8.06. The Morgan fingerprint density at radius 2 is 1.22 bits per heavy atom.